The summed E-state index contributed by atoms with van der Waals surface area (Å²) < 4.78 is 5.38. The average molecular weight is 426 g/mol. The summed E-state index contributed by atoms with van der Waals surface area (Å²) in [6.07, 6.45) is 2.59. The van der Waals surface area contributed by atoms with Crippen molar-refractivity contribution in [1.82, 2.24) is 15.1 Å². The quantitative estimate of drug-likeness (QED) is 0.532. The van der Waals surface area contributed by atoms with Crippen LogP contribution >= 0.6 is 0 Å². The number of nitrogens with one attached hydrogen (secondary N) is 1. The summed E-state index contributed by atoms with van der Waals surface area (Å²) in [4.78, 5) is 52.4. The van der Waals surface area contributed by atoms with E-state index in [1.54, 1.807) is 4.90 Å². The summed E-state index contributed by atoms with van der Waals surface area (Å²) in [5, 5.41) is 11.3. The fraction of sp³-hybridized carbons (Fsp3) is 0.810. The smallest absolute Gasteiger partial charge is 0.306 e. The topological polar surface area (TPSA) is 116 Å². The van der Waals surface area contributed by atoms with Crippen LogP contribution in [0.25, 0.3) is 0 Å². The fourth-order valence-electron chi connectivity index (χ4n) is 4.51. The van der Waals surface area contributed by atoms with Crippen molar-refractivity contribution in [3.05, 3.63) is 0 Å². The van der Waals surface area contributed by atoms with Gasteiger partial charge in [0.25, 0.3) is 0 Å². The first kappa shape index (κ1) is 24.1. The molecule has 170 valence electrons. The van der Waals surface area contributed by atoms with Crippen molar-refractivity contribution in [2.45, 2.75) is 89.4 Å². The van der Waals surface area contributed by atoms with Crippen molar-refractivity contribution in [2.24, 2.45) is 0 Å². The molecule has 9 nitrogen and oxygen atoms in total. The Morgan fingerprint density at radius 3 is 2.37 bits per heavy atom. The molecule has 2 amide bonds. The highest BCUT2D eigenvalue weighted by Gasteiger charge is 2.47. The maximum Gasteiger partial charge on any atom is 0.306 e. The van der Waals surface area contributed by atoms with Crippen LogP contribution in [-0.4, -0.2) is 82.5 Å². The van der Waals surface area contributed by atoms with Gasteiger partial charge in [-0.05, 0) is 39.2 Å². The molecule has 2 aliphatic heterocycles. The first-order valence-corrected chi connectivity index (χ1v) is 10.9. The molecule has 2 N–H and O–H groups in total. The van der Waals surface area contributed by atoms with Gasteiger partial charge in [0.2, 0.25) is 11.8 Å². The van der Waals surface area contributed by atoms with Gasteiger partial charge in [0, 0.05) is 19.0 Å². The first-order valence-electron chi connectivity index (χ1n) is 10.9. The van der Waals surface area contributed by atoms with Gasteiger partial charge in [0.05, 0.1) is 25.4 Å². The van der Waals surface area contributed by atoms with E-state index >= 15 is 0 Å². The van der Waals surface area contributed by atoms with Gasteiger partial charge < -0.3 is 20.1 Å². The van der Waals surface area contributed by atoms with Crippen LogP contribution in [0.3, 0.4) is 0 Å². The summed E-state index contributed by atoms with van der Waals surface area (Å²) in [6, 6.07) is -0.986. The molecular formula is C21H35N3O6. The van der Waals surface area contributed by atoms with Crippen LogP contribution in [0.1, 0.15) is 65.7 Å². The van der Waals surface area contributed by atoms with Crippen LogP contribution in [0, 0.1) is 0 Å². The molecule has 0 radical (unpaired) electrons. The minimum absolute atomic E-state index is 0.0816. The Morgan fingerprint density at radius 1 is 1.13 bits per heavy atom. The summed E-state index contributed by atoms with van der Waals surface area (Å²) in [5.41, 5.74) is -0.0816. The van der Waals surface area contributed by atoms with Crippen LogP contribution < -0.4 is 5.32 Å². The van der Waals surface area contributed by atoms with Crippen LogP contribution in [0.5, 0.6) is 0 Å². The van der Waals surface area contributed by atoms with Crippen LogP contribution in [0.15, 0.2) is 0 Å². The van der Waals surface area contributed by atoms with E-state index in [2.05, 4.69) is 31.0 Å². The minimum Gasteiger partial charge on any atom is -0.481 e. The lowest BCUT2D eigenvalue weighted by Gasteiger charge is -2.42. The van der Waals surface area contributed by atoms with E-state index in [1.165, 1.54) is 7.05 Å². The maximum atomic E-state index is 13.5. The Labute approximate surface area is 178 Å². The van der Waals surface area contributed by atoms with Gasteiger partial charge in [-0.2, -0.15) is 0 Å². The van der Waals surface area contributed by atoms with Gasteiger partial charge in [-0.1, -0.05) is 13.8 Å². The Bertz CT molecular complexity index is 663. The van der Waals surface area contributed by atoms with Crippen molar-refractivity contribution in [3.8, 4) is 0 Å². The fourth-order valence-corrected chi connectivity index (χ4v) is 4.51. The average Bonchev–Trinajstić information content (AvgIpc) is 3.38. The summed E-state index contributed by atoms with van der Waals surface area (Å²) in [6.45, 7) is 7.42. The molecule has 2 rings (SSSR count). The number of carbonyl (C=O) groups is 4. The molecule has 0 aromatic carbocycles. The molecule has 0 saturated carbocycles. The number of aliphatic carboxylic acids is 1. The van der Waals surface area contributed by atoms with Crippen molar-refractivity contribution in [1.29, 1.82) is 0 Å². The van der Waals surface area contributed by atoms with E-state index in [9.17, 15) is 19.2 Å². The molecule has 0 spiro atoms. The number of hydrogen-bond acceptors (Lipinski definition) is 6. The zero-order chi connectivity index (χ0) is 22.5. The van der Waals surface area contributed by atoms with E-state index < -0.39 is 24.1 Å². The second-order valence-corrected chi connectivity index (χ2v) is 8.42. The van der Waals surface area contributed by atoms with E-state index in [0.717, 1.165) is 32.2 Å². The number of carboxylic acid groups (broad SMARTS) is 1. The van der Waals surface area contributed by atoms with Gasteiger partial charge >= 0.3 is 11.9 Å². The Hall–Kier alpha value is -2.16. The molecule has 2 saturated heterocycles. The molecule has 9 heteroatoms. The Balaban J connectivity index is 2.14. The van der Waals surface area contributed by atoms with Gasteiger partial charge in [-0.25, -0.2) is 0 Å². The monoisotopic (exact) mass is 425 g/mol. The Kier molecular flexibility index (Phi) is 8.23. The molecule has 3 atom stereocenters. The van der Waals surface area contributed by atoms with E-state index in [-0.39, 0.29) is 49.2 Å². The minimum atomic E-state index is -1.07. The summed E-state index contributed by atoms with van der Waals surface area (Å²) in [5.74, 6) is -2.09. The highest BCUT2D eigenvalue weighted by Crippen LogP contribution is 2.34. The van der Waals surface area contributed by atoms with Crippen molar-refractivity contribution >= 4 is 23.8 Å². The Morgan fingerprint density at radius 2 is 1.80 bits per heavy atom. The van der Waals surface area contributed by atoms with E-state index in [0.29, 0.717) is 0 Å². The number of likely N-dealkylation sites (N-methyl/N-ethyl adjacent to an activating group) is 1. The molecule has 0 bridgehead atoms. The molecule has 2 heterocycles. The SMILES string of the molecule is CCC(C)(CC)N1CCCC1C(=O)N1CC(OC(=O)CCC(=O)O)CC1C(=O)NC. The lowest BCUT2D eigenvalue weighted by molar-refractivity contribution is -0.152. The number of rotatable bonds is 9. The number of carboxylic acids is 1. The third-order valence-electron chi connectivity index (χ3n) is 6.69. The molecule has 2 fully saturated rings. The third kappa shape index (κ3) is 5.30. The number of carbonyl (C=O) groups excluding carboxylic acids is 3. The van der Waals surface area contributed by atoms with Gasteiger partial charge in [-0.3, -0.25) is 24.1 Å². The predicted octanol–water partition coefficient (Wildman–Crippen LogP) is 1.15. The molecule has 0 aliphatic carbocycles. The first-order chi connectivity index (χ1) is 14.2. The molecule has 0 aromatic rings. The van der Waals surface area contributed by atoms with Gasteiger partial charge in [-0.15, -0.1) is 0 Å². The predicted molar refractivity (Wildman–Crippen MR) is 110 cm³/mol. The highest BCUT2D eigenvalue weighted by atomic mass is 16.5. The molecule has 30 heavy (non-hydrogen) atoms. The number of nitrogens with zero attached hydrogens (tertiary/aromatic N) is 2. The van der Waals surface area contributed by atoms with Crippen LogP contribution in [-0.2, 0) is 23.9 Å². The van der Waals surface area contributed by atoms with Crippen LogP contribution in [0.2, 0.25) is 0 Å². The highest BCUT2D eigenvalue weighted by molar-refractivity contribution is 5.90. The largest absolute Gasteiger partial charge is 0.481 e. The number of ether oxygens (including phenoxy) is 1. The van der Waals surface area contributed by atoms with Crippen molar-refractivity contribution in [3.63, 3.8) is 0 Å². The van der Waals surface area contributed by atoms with E-state index in [1.807, 2.05) is 0 Å². The number of amides is 2. The van der Waals surface area contributed by atoms with E-state index in [4.69, 9.17) is 9.84 Å². The second-order valence-electron chi connectivity index (χ2n) is 8.42. The summed E-state index contributed by atoms with van der Waals surface area (Å²) in [7, 11) is 1.52. The number of likely N-dealkylation sites (tertiary alicyclic amines) is 2. The second kappa shape index (κ2) is 10.2. The van der Waals surface area contributed by atoms with Crippen LogP contribution in [0.4, 0.5) is 0 Å². The van der Waals surface area contributed by atoms with Crippen molar-refractivity contribution < 1.29 is 29.0 Å². The molecular weight excluding hydrogens is 390 g/mol. The molecule has 3 unspecified atom stereocenters. The summed E-state index contributed by atoms with van der Waals surface area (Å²) >= 11 is 0. The lowest BCUT2D eigenvalue weighted by Crippen LogP contribution is -2.56. The molecule has 0 aromatic heterocycles. The zero-order valence-corrected chi connectivity index (χ0v) is 18.5. The normalized spacial score (nSPS) is 24.7. The van der Waals surface area contributed by atoms with Gasteiger partial charge in [0.15, 0.2) is 0 Å². The van der Waals surface area contributed by atoms with Crippen molar-refractivity contribution in [2.75, 3.05) is 20.1 Å². The van der Waals surface area contributed by atoms with Gasteiger partial charge in [0.1, 0.15) is 12.1 Å². The standard InChI is InChI=1S/C21H35N3O6/c1-5-21(3,6-2)24-11-7-8-15(24)20(29)23-13-14(12-16(23)19(28)22-4)30-18(27)10-9-17(25)26/h14-16H,5-13H2,1-4H3,(H,22,28)(H,25,26). The lowest BCUT2D eigenvalue weighted by atomic mass is 9.92. The number of esters is 1. The third-order valence-corrected chi connectivity index (χ3v) is 6.69. The maximum absolute atomic E-state index is 13.5. The molecule has 2 aliphatic rings. The number of hydrogen-bond donors (Lipinski definition) is 2. The zero-order valence-electron chi connectivity index (χ0n) is 18.5.